The van der Waals surface area contributed by atoms with Gasteiger partial charge in [0.25, 0.3) is 5.91 Å². The summed E-state index contributed by atoms with van der Waals surface area (Å²) in [5.74, 6) is -1.03. The van der Waals surface area contributed by atoms with Crippen LogP contribution in [0.1, 0.15) is 22.2 Å². The van der Waals surface area contributed by atoms with Crippen LogP contribution in [0.5, 0.6) is 0 Å². The number of furan rings is 1. The van der Waals surface area contributed by atoms with Gasteiger partial charge in [0, 0.05) is 0 Å². The summed E-state index contributed by atoms with van der Waals surface area (Å²) < 4.78 is 7.33. The van der Waals surface area contributed by atoms with Crippen molar-refractivity contribution >= 4 is 38.6 Å². The number of halogens is 1. The van der Waals surface area contributed by atoms with Crippen LogP contribution in [0, 0.1) is 22.7 Å². The fourth-order valence-corrected chi connectivity index (χ4v) is 3.16. The SMILES string of the molecule is N#CC(C#N)c1nc2ccccc2nc1-[n+]1cccc(NC(=O)c2ccc(Br)o2)c1. The van der Waals surface area contributed by atoms with E-state index in [9.17, 15) is 15.3 Å². The minimum atomic E-state index is -1.09. The van der Waals surface area contributed by atoms with E-state index in [1.54, 1.807) is 53.4 Å². The van der Waals surface area contributed by atoms with Crippen molar-refractivity contribution < 1.29 is 13.8 Å². The standard InChI is InChI=1S/C21H11BrN6O2/c22-18-8-7-17(30-18)21(29)25-14-4-3-9-28(12-14)20-19(13(10-23)11-24)26-15-5-1-2-6-16(15)27-20/h1-9,12-13H/p+1. The lowest BCUT2D eigenvalue weighted by Crippen LogP contribution is -2.34. The number of para-hydroxylation sites is 2. The summed E-state index contributed by atoms with van der Waals surface area (Å²) in [6.45, 7) is 0. The van der Waals surface area contributed by atoms with Crippen molar-refractivity contribution in [2.45, 2.75) is 5.92 Å². The molecule has 0 fully saturated rings. The maximum Gasteiger partial charge on any atom is 0.352 e. The molecule has 9 heteroatoms. The number of rotatable bonds is 4. The van der Waals surface area contributed by atoms with E-state index in [1.165, 1.54) is 0 Å². The van der Waals surface area contributed by atoms with Crippen LogP contribution < -0.4 is 9.88 Å². The predicted octanol–water partition coefficient (Wildman–Crippen LogP) is 3.65. The average molecular weight is 460 g/mol. The first kappa shape index (κ1) is 19.2. The highest BCUT2D eigenvalue weighted by atomic mass is 79.9. The normalized spacial score (nSPS) is 10.5. The number of amides is 1. The molecule has 3 aromatic heterocycles. The molecule has 0 unspecified atom stereocenters. The molecule has 8 nitrogen and oxygen atoms in total. The Bertz CT molecular complexity index is 1340. The molecule has 30 heavy (non-hydrogen) atoms. The second-order valence-corrected chi connectivity index (χ2v) is 6.95. The van der Waals surface area contributed by atoms with Crippen LogP contribution >= 0.6 is 15.9 Å². The Morgan fingerprint density at radius 1 is 1.07 bits per heavy atom. The largest absolute Gasteiger partial charge is 0.444 e. The Morgan fingerprint density at radius 3 is 2.47 bits per heavy atom. The minimum absolute atomic E-state index is 0.150. The lowest BCUT2D eigenvalue weighted by atomic mass is 10.1. The molecule has 144 valence electrons. The van der Waals surface area contributed by atoms with E-state index in [-0.39, 0.29) is 11.5 Å². The van der Waals surface area contributed by atoms with E-state index in [0.29, 0.717) is 27.2 Å². The smallest absolute Gasteiger partial charge is 0.352 e. The maximum absolute atomic E-state index is 12.4. The number of nitrogens with zero attached hydrogens (tertiary/aromatic N) is 5. The van der Waals surface area contributed by atoms with E-state index < -0.39 is 11.8 Å². The molecule has 0 radical (unpaired) electrons. The van der Waals surface area contributed by atoms with E-state index in [2.05, 4.69) is 31.2 Å². The van der Waals surface area contributed by atoms with Crippen LogP contribution in [-0.2, 0) is 0 Å². The number of aromatic nitrogens is 3. The van der Waals surface area contributed by atoms with Crippen molar-refractivity contribution in [3.05, 3.63) is 77.0 Å². The highest BCUT2D eigenvalue weighted by Crippen LogP contribution is 2.21. The molecule has 1 N–H and O–H groups in total. The number of anilines is 1. The third kappa shape index (κ3) is 3.75. The first-order valence-corrected chi connectivity index (χ1v) is 9.52. The molecule has 0 spiro atoms. The first-order valence-electron chi connectivity index (χ1n) is 8.73. The summed E-state index contributed by atoms with van der Waals surface area (Å²) >= 11 is 3.16. The van der Waals surface area contributed by atoms with Gasteiger partial charge in [0.15, 0.2) is 22.0 Å². The molecular weight excluding hydrogens is 448 g/mol. The molecule has 0 saturated heterocycles. The van der Waals surface area contributed by atoms with Crippen LogP contribution in [0.3, 0.4) is 0 Å². The van der Waals surface area contributed by atoms with E-state index in [0.717, 1.165) is 0 Å². The quantitative estimate of drug-likeness (QED) is 0.465. The lowest BCUT2D eigenvalue weighted by molar-refractivity contribution is -0.599. The van der Waals surface area contributed by atoms with Gasteiger partial charge in [0.2, 0.25) is 5.52 Å². The van der Waals surface area contributed by atoms with Gasteiger partial charge in [-0.1, -0.05) is 12.1 Å². The van der Waals surface area contributed by atoms with Crippen molar-refractivity contribution in [1.29, 1.82) is 10.5 Å². The highest BCUT2D eigenvalue weighted by molar-refractivity contribution is 9.10. The van der Waals surface area contributed by atoms with Crippen LogP contribution in [-0.4, -0.2) is 15.9 Å². The second kappa shape index (κ2) is 8.11. The van der Waals surface area contributed by atoms with E-state index in [1.807, 2.05) is 24.3 Å². The van der Waals surface area contributed by atoms with Crippen LogP contribution in [0.4, 0.5) is 5.69 Å². The summed E-state index contributed by atoms with van der Waals surface area (Å²) in [5, 5.41) is 21.6. The summed E-state index contributed by atoms with van der Waals surface area (Å²) in [6, 6.07) is 17.7. The lowest BCUT2D eigenvalue weighted by Gasteiger charge is -2.07. The van der Waals surface area contributed by atoms with Gasteiger partial charge >= 0.3 is 5.82 Å². The molecule has 0 bridgehead atoms. The van der Waals surface area contributed by atoms with Gasteiger partial charge in [-0.2, -0.15) is 15.1 Å². The Kier molecular flexibility index (Phi) is 5.21. The number of hydrogen-bond acceptors (Lipinski definition) is 6. The van der Waals surface area contributed by atoms with Crippen molar-refractivity contribution in [3.63, 3.8) is 0 Å². The Labute approximate surface area is 179 Å². The maximum atomic E-state index is 12.4. The Morgan fingerprint density at radius 2 is 1.80 bits per heavy atom. The summed E-state index contributed by atoms with van der Waals surface area (Å²) in [7, 11) is 0. The molecule has 0 aliphatic rings. The molecule has 1 aromatic carbocycles. The molecular formula is C21H12BrN6O2+. The van der Waals surface area contributed by atoms with Crippen molar-refractivity contribution in [2.24, 2.45) is 0 Å². The number of hydrogen-bond donors (Lipinski definition) is 1. The summed E-state index contributed by atoms with van der Waals surface area (Å²) in [5.41, 5.74) is 1.91. The number of fused-ring (bicyclic) bond motifs is 1. The van der Waals surface area contributed by atoms with Gasteiger partial charge in [0.1, 0.15) is 11.7 Å². The first-order chi connectivity index (χ1) is 14.6. The number of nitrogens with one attached hydrogen (secondary N) is 1. The number of pyridine rings is 1. The second-order valence-electron chi connectivity index (χ2n) is 6.17. The van der Waals surface area contributed by atoms with Crippen LogP contribution in [0.2, 0.25) is 0 Å². The topological polar surface area (TPSA) is 119 Å². The minimum Gasteiger partial charge on any atom is -0.444 e. The fraction of sp³-hybridized carbons (Fsp3) is 0.0476. The number of carbonyl (C=O) groups excluding carboxylic acids is 1. The summed E-state index contributed by atoms with van der Waals surface area (Å²) in [4.78, 5) is 21.5. The average Bonchev–Trinajstić information content (AvgIpc) is 3.21. The Balaban J connectivity index is 1.77. The zero-order chi connectivity index (χ0) is 21.1. The molecule has 0 aliphatic carbocycles. The number of carbonyl (C=O) groups is 1. The number of benzene rings is 1. The van der Waals surface area contributed by atoms with Crippen molar-refractivity contribution in [3.8, 4) is 18.0 Å². The highest BCUT2D eigenvalue weighted by Gasteiger charge is 2.26. The third-order valence-electron chi connectivity index (χ3n) is 4.21. The van der Waals surface area contributed by atoms with Gasteiger partial charge in [-0.15, -0.1) is 0 Å². The molecule has 0 aliphatic heterocycles. The van der Waals surface area contributed by atoms with Gasteiger partial charge in [-0.05, 0) is 57.3 Å². The molecule has 0 saturated carbocycles. The van der Waals surface area contributed by atoms with Crippen molar-refractivity contribution in [2.75, 3.05) is 5.32 Å². The molecule has 3 heterocycles. The number of nitriles is 2. The molecule has 4 aromatic rings. The van der Waals surface area contributed by atoms with E-state index in [4.69, 9.17) is 4.42 Å². The Hall–Kier alpha value is -4.08. The molecule has 0 atom stereocenters. The van der Waals surface area contributed by atoms with Crippen LogP contribution in [0.15, 0.2) is 70.0 Å². The zero-order valence-corrected chi connectivity index (χ0v) is 16.9. The van der Waals surface area contributed by atoms with Crippen molar-refractivity contribution in [1.82, 2.24) is 9.97 Å². The van der Waals surface area contributed by atoms with Crippen LogP contribution in [0.25, 0.3) is 16.9 Å². The van der Waals surface area contributed by atoms with Gasteiger partial charge < -0.3 is 9.73 Å². The fourth-order valence-electron chi connectivity index (χ4n) is 2.85. The van der Waals surface area contributed by atoms with Gasteiger partial charge in [-0.25, -0.2) is 4.98 Å². The zero-order valence-electron chi connectivity index (χ0n) is 15.3. The molecule has 1 amide bonds. The van der Waals surface area contributed by atoms with Gasteiger partial charge in [0.05, 0.1) is 24.0 Å². The van der Waals surface area contributed by atoms with E-state index >= 15 is 0 Å². The monoisotopic (exact) mass is 459 g/mol. The summed E-state index contributed by atoms with van der Waals surface area (Å²) in [6.07, 6.45) is 3.33. The predicted molar refractivity (Wildman–Crippen MR) is 109 cm³/mol. The van der Waals surface area contributed by atoms with Gasteiger partial charge in [-0.3, -0.25) is 4.79 Å². The molecule has 4 rings (SSSR count). The third-order valence-corrected chi connectivity index (χ3v) is 4.64.